The fourth-order valence-electron chi connectivity index (χ4n) is 1.42. The summed E-state index contributed by atoms with van der Waals surface area (Å²) in [7, 11) is 0. The summed E-state index contributed by atoms with van der Waals surface area (Å²) in [5.41, 5.74) is 0. The van der Waals surface area contributed by atoms with Gasteiger partial charge in [0.1, 0.15) is 9.52 Å². The first kappa shape index (κ1) is 29.4. The zero-order valence-corrected chi connectivity index (χ0v) is 14.8. The van der Waals surface area contributed by atoms with Gasteiger partial charge in [-0.15, -0.1) is 0 Å². The molecule has 30 heavy (non-hydrogen) atoms. The maximum atomic E-state index is 13.3. The maximum absolute atomic E-state index is 13.3. The highest BCUT2D eigenvalue weighted by Gasteiger charge is 2.95. The molecule has 0 aliphatic rings. The molecule has 0 amide bonds. The van der Waals surface area contributed by atoms with E-state index in [4.69, 9.17) is 0 Å². The lowest BCUT2D eigenvalue weighted by atomic mass is 9.89. The summed E-state index contributed by atoms with van der Waals surface area (Å²) < 4.78 is 217. The largest absolute Gasteiger partial charge is 0.460 e. The molecule has 0 unspecified atom stereocenters. The molecule has 0 nitrogen and oxygen atoms in total. The van der Waals surface area contributed by atoms with Gasteiger partial charge in [0.15, 0.2) is 0 Å². The fraction of sp³-hybridized carbons (Fsp3) is 0.800. The molecule has 0 bridgehead atoms. The van der Waals surface area contributed by atoms with Crippen LogP contribution in [0.1, 0.15) is 0 Å². The molecule has 0 aromatic heterocycles. The monoisotopic (exact) mass is 548 g/mol. The van der Waals surface area contributed by atoms with Crippen molar-refractivity contribution in [1.82, 2.24) is 0 Å². The van der Waals surface area contributed by atoms with Gasteiger partial charge in [0, 0.05) is 0 Å². The van der Waals surface area contributed by atoms with Crippen molar-refractivity contribution >= 4 is 34.8 Å². The Labute approximate surface area is 167 Å². The summed E-state index contributed by atoms with van der Waals surface area (Å²) in [6, 6.07) is 0. The summed E-state index contributed by atoms with van der Waals surface area (Å²) >= 11 is 13.1. The number of hydrogen-bond acceptors (Lipinski definition) is 0. The Bertz CT molecular complexity index is 684. The highest BCUT2D eigenvalue weighted by atomic mass is 35.5. The minimum Gasteiger partial charge on any atom is -0.193 e. The van der Waals surface area contributed by atoms with E-state index in [1.165, 1.54) is 0 Å². The predicted octanol–water partition coefficient (Wildman–Crippen LogP) is 7.88. The van der Waals surface area contributed by atoms with E-state index < -0.39 is 57.2 Å². The van der Waals surface area contributed by atoms with Crippen LogP contribution < -0.4 is 0 Å². The quantitative estimate of drug-likeness (QED) is 0.284. The van der Waals surface area contributed by atoms with Crippen LogP contribution in [-0.2, 0) is 0 Å². The Balaban J connectivity index is 6.89. The maximum Gasteiger partial charge on any atom is 0.460 e. The molecule has 0 radical (unpaired) electrons. The summed E-state index contributed by atoms with van der Waals surface area (Å²) in [4.78, 5) is 0. The second kappa shape index (κ2) is 7.49. The van der Waals surface area contributed by atoms with Crippen LogP contribution in [0.5, 0.6) is 0 Å². The first-order valence-corrected chi connectivity index (χ1v) is 7.16. The van der Waals surface area contributed by atoms with Crippen molar-refractivity contribution < 1.29 is 74.6 Å². The lowest BCUT2D eigenvalue weighted by Crippen LogP contribution is -2.74. The van der Waals surface area contributed by atoms with E-state index >= 15 is 0 Å². The first-order valence-electron chi connectivity index (χ1n) is 6.03. The average Bonchev–Trinajstić information content (AvgIpc) is 2.51. The third-order valence-corrected chi connectivity index (χ3v) is 4.16. The summed E-state index contributed by atoms with van der Waals surface area (Å²) in [6.45, 7) is 0. The Morgan fingerprint density at radius 3 is 0.833 bits per heavy atom. The van der Waals surface area contributed by atoms with E-state index in [1.54, 1.807) is 0 Å². The highest BCUT2D eigenvalue weighted by molar-refractivity contribution is 6.59. The number of halogens is 20. The van der Waals surface area contributed by atoms with Gasteiger partial charge in [-0.3, -0.25) is 0 Å². The zero-order chi connectivity index (χ0) is 25.2. The molecule has 0 aliphatic heterocycles. The summed E-state index contributed by atoms with van der Waals surface area (Å²) in [6.07, 6.45) is -7.81. The van der Waals surface area contributed by atoms with Crippen LogP contribution in [-0.4, -0.2) is 47.6 Å². The molecule has 0 aromatic rings. The third-order valence-electron chi connectivity index (χ3n) is 3.16. The molecule has 180 valence electrons. The van der Waals surface area contributed by atoms with E-state index in [0.29, 0.717) is 0 Å². The number of hydrogen-bond donors (Lipinski definition) is 0. The second-order valence-electron chi connectivity index (χ2n) is 5.09. The van der Waals surface area contributed by atoms with Crippen LogP contribution in [0.25, 0.3) is 0 Å². The topological polar surface area (TPSA) is 0 Å². The third kappa shape index (κ3) is 3.65. The molecule has 0 spiro atoms. The molecular formula is C10Cl3F17. The molecule has 0 rings (SSSR count). The van der Waals surface area contributed by atoms with Crippen LogP contribution in [0.2, 0.25) is 0 Å². The average molecular weight is 549 g/mol. The Morgan fingerprint density at radius 2 is 0.600 bits per heavy atom. The summed E-state index contributed by atoms with van der Waals surface area (Å²) in [5.74, 6) is -57.5. The Morgan fingerprint density at radius 1 is 0.367 bits per heavy atom. The van der Waals surface area contributed by atoms with E-state index in [-0.39, 0.29) is 0 Å². The number of allylic oxidation sites excluding steroid dienone is 1. The SMILES string of the molecule is FC(F)(F)C(F)(F)C(F)(F)C(F)(F)C(F)(F)C(F)(F)C(F)(F)C(F)(F)C(Cl)=C(Cl)Cl. The van der Waals surface area contributed by atoms with Crippen molar-refractivity contribution in [1.29, 1.82) is 0 Å². The van der Waals surface area contributed by atoms with Crippen molar-refractivity contribution in [2.24, 2.45) is 0 Å². The minimum atomic E-state index is -8.71. The molecule has 0 atom stereocenters. The van der Waals surface area contributed by atoms with Crippen molar-refractivity contribution in [3.05, 3.63) is 9.52 Å². The lowest BCUT2D eigenvalue weighted by molar-refractivity contribution is -0.459. The van der Waals surface area contributed by atoms with Gasteiger partial charge in [0.05, 0.1) is 0 Å². The van der Waals surface area contributed by atoms with Crippen LogP contribution in [0, 0.1) is 0 Å². The number of rotatable bonds is 7. The molecule has 0 aromatic carbocycles. The lowest BCUT2D eigenvalue weighted by Gasteiger charge is -2.42. The standard InChI is InChI=1S/C10Cl3F17/c11-1(2(12)13)3(14,15)4(16,17)5(18,19)6(20,21)7(22,23)8(24,25)9(26,27)10(28,29)30. The smallest absolute Gasteiger partial charge is 0.193 e. The minimum absolute atomic E-state index is 2.25. The second-order valence-corrected chi connectivity index (χ2v) is 6.42. The Hall–Kier alpha value is -0.580. The molecule has 0 saturated carbocycles. The van der Waals surface area contributed by atoms with E-state index in [0.717, 1.165) is 0 Å². The van der Waals surface area contributed by atoms with Crippen LogP contribution in [0.15, 0.2) is 9.52 Å². The molecule has 0 aliphatic carbocycles. The first-order chi connectivity index (χ1) is 12.6. The molecule has 20 heteroatoms. The van der Waals surface area contributed by atoms with Gasteiger partial charge in [-0.05, 0) is 0 Å². The van der Waals surface area contributed by atoms with Gasteiger partial charge in [0.2, 0.25) is 0 Å². The van der Waals surface area contributed by atoms with Gasteiger partial charge in [-0.2, -0.15) is 74.6 Å². The van der Waals surface area contributed by atoms with E-state index in [2.05, 4.69) is 34.8 Å². The van der Waals surface area contributed by atoms with Crippen molar-refractivity contribution in [3.63, 3.8) is 0 Å². The van der Waals surface area contributed by atoms with Gasteiger partial charge >= 0.3 is 47.6 Å². The molecule has 0 saturated heterocycles. The van der Waals surface area contributed by atoms with Crippen molar-refractivity contribution in [3.8, 4) is 0 Å². The van der Waals surface area contributed by atoms with E-state index in [1.807, 2.05) is 0 Å². The van der Waals surface area contributed by atoms with Gasteiger partial charge in [-0.25, -0.2) is 0 Å². The molecular weight excluding hydrogens is 549 g/mol. The fourth-order valence-corrected chi connectivity index (χ4v) is 1.78. The number of alkyl halides is 17. The zero-order valence-electron chi connectivity index (χ0n) is 12.6. The normalized spacial score (nSPS) is 16.0. The molecule has 0 heterocycles. The van der Waals surface area contributed by atoms with Crippen LogP contribution in [0.3, 0.4) is 0 Å². The van der Waals surface area contributed by atoms with Crippen LogP contribution >= 0.6 is 34.8 Å². The van der Waals surface area contributed by atoms with Crippen molar-refractivity contribution in [2.75, 3.05) is 0 Å². The predicted molar refractivity (Wildman–Crippen MR) is 65.3 cm³/mol. The van der Waals surface area contributed by atoms with Crippen LogP contribution in [0.4, 0.5) is 74.6 Å². The van der Waals surface area contributed by atoms with Gasteiger partial charge < -0.3 is 0 Å². The van der Waals surface area contributed by atoms with Gasteiger partial charge in [-0.1, -0.05) is 34.8 Å². The molecule has 0 fully saturated rings. The Kier molecular flexibility index (Phi) is 7.34. The van der Waals surface area contributed by atoms with Crippen molar-refractivity contribution in [2.45, 2.75) is 47.6 Å². The summed E-state index contributed by atoms with van der Waals surface area (Å²) in [5, 5.41) is -3.12. The molecule has 0 N–H and O–H groups in total. The van der Waals surface area contributed by atoms with Gasteiger partial charge in [0.25, 0.3) is 0 Å². The highest BCUT2D eigenvalue weighted by Crippen LogP contribution is 2.64. The van der Waals surface area contributed by atoms with E-state index in [9.17, 15) is 74.6 Å².